The van der Waals surface area contributed by atoms with Crippen LogP contribution in [0.5, 0.6) is 0 Å². The predicted molar refractivity (Wildman–Crippen MR) is 82.0 cm³/mol. The average molecular weight is 324 g/mol. The number of hydrogen-bond acceptors (Lipinski definition) is 4. The lowest BCUT2D eigenvalue weighted by Crippen LogP contribution is -2.31. The van der Waals surface area contributed by atoms with Gasteiger partial charge in [-0.05, 0) is 37.8 Å². The smallest absolute Gasteiger partial charge is 0.240 e. The van der Waals surface area contributed by atoms with Crippen LogP contribution < -0.4 is 10.0 Å². The number of rotatable bonds is 8. The molecule has 0 aliphatic heterocycles. The van der Waals surface area contributed by atoms with Crippen LogP contribution in [-0.4, -0.2) is 33.2 Å². The van der Waals surface area contributed by atoms with Crippen LogP contribution in [0.4, 0.5) is 0 Å². The maximum absolute atomic E-state index is 12.0. The number of carbonyl (C=O) groups excluding carboxylic acids is 2. The van der Waals surface area contributed by atoms with Crippen molar-refractivity contribution in [2.45, 2.75) is 31.1 Å². The van der Waals surface area contributed by atoms with Gasteiger partial charge in [0.2, 0.25) is 15.9 Å². The van der Waals surface area contributed by atoms with E-state index in [1.54, 1.807) is 0 Å². The van der Waals surface area contributed by atoms with E-state index in [-0.39, 0.29) is 29.6 Å². The Labute approximate surface area is 130 Å². The maximum atomic E-state index is 12.0. The summed E-state index contributed by atoms with van der Waals surface area (Å²) in [6.07, 6.45) is 2.42. The Morgan fingerprint density at radius 1 is 1.18 bits per heavy atom. The Hall–Kier alpha value is -1.73. The Balaban J connectivity index is 1.82. The topological polar surface area (TPSA) is 92.3 Å². The van der Waals surface area contributed by atoms with Crippen molar-refractivity contribution in [2.75, 3.05) is 13.1 Å². The van der Waals surface area contributed by atoms with Crippen LogP contribution >= 0.6 is 0 Å². The average Bonchev–Trinajstić information content (AvgIpc) is 3.29. The highest BCUT2D eigenvalue weighted by Gasteiger charge is 2.21. The Kier molecular flexibility index (Phi) is 5.31. The lowest BCUT2D eigenvalue weighted by Gasteiger charge is -2.08. The van der Waals surface area contributed by atoms with E-state index < -0.39 is 10.0 Å². The number of amides is 1. The zero-order valence-corrected chi connectivity index (χ0v) is 13.3. The van der Waals surface area contributed by atoms with Crippen molar-refractivity contribution < 1.29 is 18.0 Å². The van der Waals surface area contributed by atoms with Crippen molar-refractivity contribution >= 4 is 21.7 Å². The van der Waals surface area contributed by atoms with E-state index in [1.165, 1.54) is 31.2 Å². The Bertz CT molecular complexity index is 649. The fraction of sp³-hybridized carbons (Fsp3) is 0.467. The third-order valence-electron chi connectivity index (χ3n) is 3.50. The molecule has 1 aliphatic rings. The summed E-state index contributed by atoms with van der Waals surface area (Å²) in [6.45, 7) is 2.15. The van der Waals surface area contributed by atoms with E-state index in [0.717, 1.165) is 12.8 Å². The first-order valence-corrected chi connectivity index (χ1v) is 8.74. The van der Waals surface area contributed by atoms with E-state index in [1.807, 2.05) is 0 Å². The minimum absolute atomic E-state index is 0.0489. The number of nitrogens with one attached hydrogen (secondary N) is 2. The zero-order chi connectivity index (χ0) is 16.2. The van der Waals surface area contributed by atoms with E-state index in [9.17, 15) is 18.0 Å². The largest absolute Gasteiger partial charge is 0.356 e. The van der Waals surface area contributed by atoms with Crippen LogP contribution in [0.2, 0.25) is 0 Å². The second-order valence-electron chi connectivity index (χ2n) is 5.48. The van der Waals surface area contributed by atoms with Gasteiger partial charge in [-0.25, -0.2) is 13.1 Å². The van der Waals surface area contributed by atoms with Gasteiger partial charge in [0.15, 0.2) is 5.78 Å². The molecule has 1 aliphatic carbocycles. The molecular weight excluding hydrogens is 304 g/mol. The van der Waals surface area contributed by atoms with Gasteiger partial charge in [0, 0.05) is 25.1 Å². The molecule has 22 heavy (non-hydrogen) atoms. The molecule has 0 bridgehead atoms. The summed E-state index contributed by atoms with van der Waals surface area (Å²) in [6, 6.07) is 5.71. The van der Waals surface area contributed by atoms with Crippen LogP contribution in [-0.2, 0) is 14.8 Å². The van der Waals surface area contributed by atoms with Gasteiger partial charge in [0.25, 0.3) is 0 Å². The molecule has 0 atom stereocenters. The molecule has 0 spiro atoms. The predicted octanol–water partition coefficient (Wildman–Crippen LogP) is 1.08. The second kappa shape index (κ2) is 7.02. The van der Waals surface area contributed by atoms with Crippen LogP contribution in [0, 0.1) is 5.92 Å². The molecule has 0 unspecified atom stereocenters. The molecule has 0 heterocycles. The molecule has 0 aromatic heterocycles. The molecule has 1 saturated carbocycles. The number of benzene rings is 1. The van der Waals surface area contributed by atoms with Gasteiger partial charge in [-0.3, -0.25) is 9.59 Å². The standard InChI is InChI=1S/C15H20N2O4S/c1-11(18)13-4-6-14(7-5-13)22(20,21)17-9-8-15(19)16-10-12-2-3-12/h4-7,12,17H,2-3,8-10H2,1H3,(H,16,19). The van der Waals surface area contributed by atoms with E-state index in [2.05, 4.69) is 10.0 Å². The summed E-state index contributed by atoms with van der Waals surface area (Å²) < 4.78 is 26.5. The summed E-state index contributed by atoms with van der Waals surface area (Å²) in [7, 11) is -3.66. The lowest BCUT2D eigenvalue weighted by atomic mass is 10.2. The van der Waals surface area contributed by atoms with Gasteiger partial charge in [-0.1, -0.05) is 12.1 Å². The zero-order valence-electron chi connectivity index (χ0n) is 12.5. The Morgan fingerprint density at radius 2 is 1.82 bits per heavy atom. The quantitative estimate of drug-likeness (QED) is 0.700. The molecule has 120 valence electrons. The van der Waals surface area contributed by atoms with Crippen molar-refractivity contribution in [3.8, 4) is 0 Å². The molecule has 6 nitrogen and oxygen atoms in total. The van der Waals surface area contributed by atoms with Crippen LogP contribution in [0.1, 0.15) is 36.5 Å². The fourth-order valence-electron chi connectivity index (χ4n) is 1.92. The molecule has 7 heteroatoms. The summed E-state index contributed by atoms with van der Waals surface area (Å²) >= 11 is 0. The van der Waals surface area contributed by atoms with Crippen molar-refractivity contribution in [3.63, 3.8) is 0 Å². The normalized spacial score (nSPS) is 14.6. The van der Waals surface area contributed by atoms with E-state index in [4.69, 9.17) is 0 Å². The monoisotopic (exact) mass is 324 g/mol. The highest BCUT2D eigenvalue weighted by molar-refractivity contribution is 7.89. The van der Waals surface area contributed by atoms with Crippen LogP contribution in [0.15, 0.2) is 29.2 Å². The van der Waals surface area contributed by atoms with Gasteiger partial charge >= 0.3 is 0 Å². The molecule has 2 rings (SSSR count). The summed E-state index contributed by atoms with van der Waals surface area (Å²) in [4.78, 5) is 22.8. The minimum atomic E-state index is -3.66. The lowest BCUT2D eigenvalue weighted by molar-refractivity contribution is -0.120. The number of carbonyl (C=O) groups is 2. The first-order chi connectivity index (χ1) is 10.4. The molecule has 1 aromatic carbocycles. The summed E-state index contributed by atoms with van der Waals surface area (Å²) in [5.41, 5.74) is 0.457. The van der Waals surface area contributed by atoms with E-state index in [0.29, 0.717) is 18.0 Å². The highest BCUT2D eigenvalue weighted by atomic mass is 32.2. The molecule has 1 amide bonds. The van der Waals surface area contributed by atoms with Crippen molar-refractivity contribution in [3.05, 3.63) is 29.8 Å². The molecule has 2 N–H and O–H groups in total. The van der Waals surface area contributed by atoms with Crippen molar-refractivity contribution in [1.29, 1.82) is 0 Å². The third kappa shape index (κ3) is 4.92. The number of sulfonamides is 1. The SMILES string of the molecule is CC(=O)c1ccc(S(=O)(=O)NCCC(=O)NCC2CC2)cc1. The minimum Gasteiger partial charge on any atom is -0.356 e. The number of hydrogen-bond donors (Lipinski definition) is 2. The number of Topliss-reactive ketones (excluding diaryl/α,β-unsaturated/α-hetero) is 1. The van der Waals surface area contributed by atoms with Crippen LogP contribution in [0.25, 0.3) is 0 Å². The molecule has 0 radical (unpaired) electrons. The third-order valence-corrected chi connectivity index (χ3v) is 4.98. The fourth-order valence-corrected chi connectivity index (χ4v) is 2.95. The van der Waals surface area contributed by atoms with Crippen molar-refractivity contribution in [2.24, 2.45) is 5.92 Å². The molecule has 1 fully saturated rings. The summed E-state index contributed by atoms with van der Waals surface area (Å²) in [5.74, 6) is 0.325. The molecule has 0 saturated heterocycles. The molecular formula is C15H20N2O4S. The van der Waals surface area contributed by atoms with E-state index >= 15 is 0 Å². The van der Waals surface area contributed by atoms with Gasteiger partial charge in [0.05, 0.1) is 4.90 Å². The van der Waals surface area contributed by atoms with Gasteiger partial charge < -0.3 is 5.32 Å². The van der Waals surface area contributed by atoms with Gasteiger partial charge in [0.1, 0.15) is 0 Å². The summed E-state index contributed by atoms with van der Waals surface area (Å²) in [5, 5.41) is 2.78. The van der Waals surface area contributed by atoms with Gasteiger partial charge in [-0.2, -0.15) is 0 Å². The van der Waals surface area contributed by atoms with Gasteiger partial charge in [-0.15, -0.1) is 0 Å². The number of ketones is 1. The first kappa shape index (κ1) is 16.6. The van der Waals surface area contributed by atoms with Crippen LogP contribution in [0.3, 0.4) is 0 Å². The second-order valence-corrected chi connectivity index (χ2v) is 7.24. The maximum Gasteiger partial charge on any atom is 0.240 e. The molecule has 1 aromatic rings. The highest BCUT2D eigenvalue weighted by Crippen LogP contribution is 2.27. The van der Waals surface area contributed by atoms with Crippen molar-refractivity contribution in [1.82, 2.24) is 10.0 Å². The first-order valence-electron chi connectivity index (χ1n) is 7.26. The Morgan fingerprint density at radius 3 is 2.36 bits per heavy atom.